The van der Waals surface area contributed by atoms with Gasteiger partial charge in [-0.25, -0.2) is 0 Å². The van der Waals surface area contributed by atoms with Crippen molar-refractivity contribution in [3.05, 3.63) is 53.1 Å². The van der Waals surface area contributed by atoms with Crippen LogP contribution in [0, 0.1) is 6.92 Å². The van der Waals surface area contributed by atoms with Crippen molar-refractivity contribution in [1.29, 1.82) is 0 Å². The van der Waals surface area contributed by atoms with Gasteiger partial charge in [-0.1, -0.05) is 17.7 Å². The van der Waals surface area contributed by atoms with Crippen LogP contribution in [0.5, 0.6) is 5.75 Å². The predicted octanol–water partition coefficient (Wildman–Crippen LogP) is 3.72. The quantitative estimate of drug-likeness (QED) is 0.714. The fourth-order valence-corrected chi connectivity index (χ4v) is 2.19. The third-order valence-corrected chi connectivity index (χ3v) is 3.57. The molecule has 0 saturated carbocycles. The lowest BCUT2D eigenvalue weighted by Crippen LogP contribution is -2.22. The van der Waals surface area contributed by atoms with E-state index in [0.717, 1.165) is 22.7 Å². The van der Waals surface area contributed by atoms with E-state index in [1.54, 1.807) is 19.2 Å². The first kappa shape index (κ1) is 18.1. The van der Waals surface area contributed by atoms with Gasteiger partial charge in [-0.2, -0.15) is 0 Å². The van der Waals surface area contributed by atoms with Crippen LogP contribution in [0.15, 0.2) is 42.5 Å². The molecule has 0 aliphatic heterocycles. The SMILES string of the molecule is COCCOc1ccc(NCC(=O)Nc2cc(Cl)ccc2C)cc1. The first-order chi connectivity index (χ1) is 11.6. The molecule has 1 amide bonds. The molecule has 0 unspecified atom stereocenters. The van der Waals surface area contributed by atoms with E-state index in [2.05, 4.69) is 10.6 Å². The summed E-state index contributed by atoms with van der Waals surface area (Å²) in [4.78, 5) is 12.0. The van der Waals surface area contributed by atoms with E-state index in [1.165, 1.54) is 0 Å². The first-order valence-corrected chi connectivity index (χ1v) is 7.98. The zero-order chi connectivity index (χ0) is 17.4. The molecule has 0 heterocycles. The summed E-state index contributed by atoms with van der Waals surface area (Å²) in [6, 6.07) is 12.8. The van der Waals surface area contributed by atoms with Gasteiger partial charge in [0.15, 0.2) is 0 Å². The Morgan fingerprint density at radius 3 is 2.58 bits per heavy atom. The van der Waals surface area contributed by atoms with Crippen LogP contribution < -0.4 is 15.4 Å². The maximum Gasteiger partial charge on any atom is 0.243 e. The predicted molar refractivity (Wildman–Crippen MR) is 97.1 cm³/mol. The molecule has 128 valence electrons. The summed E-state index contributed by atoms with van der Waals surface area (Å²) in [5, 5.41) is 6.50. The standard InChI is InChI=1S/C18H21ClN2O3/c1-13-3-4-14(19)11-17(13)21-18(22)12-20-15-5-7-16(8-6-15)24-10-9-23-2/h3-8,11,20H,9-10,12H2,1-2H3,(H,21,22). The third-order valence-electron chi connectivity index (χ3n) is 3.34. The maximum absolute atomic E-state index is 12.0. The largest absolute Gasteiger partial charge is 0.491 e. The Morgan fingerprint density at radius 2 is 1.88 bits per heavy atom. The molecule has 24 heavy (non-hydrogen) atoms. The topological polar surface area (TPSA) is 59.6 Å². The van der Waals surface area contributed by atoms with E-state index in [0.29, 0.717) is 18.2 Å². The number of rotatable bonds is 8. The highest BCUT2D eigenvalue weighted by molar-refractivity contribution is 6.31. The zero-order valence-corrected chi connectivity index (χ0v) is 14.5. The van der Waals surface area contributed by atoms with Crippen LogP contribution in [-0.4, -0.2) is 32.8 Å². The fraction of sp³-hybridized carbons (Fsp3) is 0.278. The summed E-state index contributed by atoms with van der Waals surface area (Å²) in [5.74, 6) is 0.623. The van der Waals surface area contributed by atoms with Gasteiger partial charge in [0.2, 0.25) is 5.91 Å². The fourth-order valence-electron chi connectivity index (χ4n) is 2.02. The van der Waals surface area contributed by atoms with Gasteiger partial charge < -0.3 is 20.1 Å². The molecular weight excluding hydrogens is 328 g/mol. The highest BCUT2D eigenvalue weighted by Crippen LogP contribution is 2.20. The van der Waals surface area contributed by atoms with E-state index in [1.807, 2.05) is 37.3 Å². The number of methoxy groups -OCH3 is 1. The van der Waals surface area contributed by atoms with Crippen LogP contribution in [0.2, 0.25) is 5.02 Å². The molecule has 0 fully saturated rings. The van der Waals surface area contributed by atoms with Crippen molar-refractivity contribution in [2.24, 2.45) is 0 Å². The number of ether oxygens (including phenoxy) is 2. The number of benzene rings is 2. The Labute approximate surface area is 146 Å². The monoisotopic (exact) mass is 348 g/mol. The summed E-state index contributed by atoms with van der Waals surface area (Å²) in [6.45, 7) is 3.13. The average molecular weight is 349 g/mol. The molecule has 0 aliphatic carbocycles. The number of nitrogens with one attached hydrogen (secondary N) is 2. The van der Waals surface area contributed by atoms with Crippen molar-refractivity contribution in [3.8, 4) is 5.75 Å². The van der Waals surface area contributed by atoms with E-state index in [4.69, 9.17) is 21.1 Å². The third kappa shape index (κ3) is 5.76. The highest BCUT2D eigenvalue weighted by Gasteiger charge is 2.05. The number of hydrogen-bond acceptors (Lipinski definition) is 4. The number of carbonyl (C=O) groups is 1. The number of halogens is 1. The number of anilines is 2. The Kier molecular flexibility index (Phi) is 6.90. The molecule has 0 radical (unpaired) electrons. The molecule has 0 spiro atoms. The van der Waals surface area contributed by atoms with Gasteiger partial charge in [0, 0.05) is 23.5 Å². The van der Waals surface area contributed by atoms with Crippen LogP contribution in [0.3, 0.4) is 0 Å². The van der Waals surface area contributed by atoms with E-state index >= 15 is 0 Å². The van der Waals surface area contributed by atoms with Crippen LogP contribution in [0.4, 0.5) is 11.4 Å². The number of aryl methyl sites for hydroxylation is 1. The Bertz CT molecular complexity index is 674. The summed E-state index contributed by atoms with van der Waals surface area (Å²) in [5.41, 5.74) is 2.52. The van der Waals surface area contributed by atoms with Crippen LogP contribution in [0.1, 0.15) is 5.56 Å². The van der Waals surface area contributed by atoms with Gasteiger partial charge in [-0.3, -0.25) is 4.79 Å². The highest BCUT2D eigenvalue weighted by atomic mass is 35.5. The lowest BCUT2D eigenvalue weighted by molar-refractivity contribution is -0.114. The minimum atomic E-state index is -0.138. The Balaban J connectivity index is 1.82. The molecule has 0 saturated heterocycles. The molecule has 2 aromatic rings. The second-order valence-electron chi connectivity index (χ2n) is 5.23. The zero-order valence-electron chi connectivity index (χ0n) is 13.8. The maximum atomic E-state index is 12.0. The molecular formula is C18H21ClN2O3. The van der Waals surface area contributed by atoms with Crippen molar-refractivity contribution in [3.63, 3.8) is 0 Å². The second-order valence-corrected chi connectivity index (χ2v) is 5.66. The van der Waals surface area contributed by atoms with Gasteiger partial charge in [-0.05, 0) is 48.9 Å². The summed E-state index contributed by atoms with van der Waals surface area (Å²) in [7, 11) is 1.63. The summed E-state index contributed by atoms with van der Waals surface area (Å²) < 4.78 is 10.4. The molecule has 0 aromatic heterocycles. The molecule has 2 rings (SSSR count). The van der Waals surface area contributed by atoms with Crippen LogP contribution in [-0.2, 0) is 9.53 Å². The van der Waals surface area contributed by atoms with E-state index in [-0.39, 0.29) is 12.5 Å². The van der Waals surface area contributed by atoms with Crippen molar-refractivity contribution in [1.82, 2.24) is 0 Å². The normalized spacial score (nSPS) is 10.3. The molecule has 0 aliphatic rings. The van der Waals surface area contributed by atoms with Gasteiger partial charge >= 0.3 is 0 Å². The molecule has 0 atom stereocenters. The minimum Gasteiger partial charge on any atom is -0.491 e. The van der Waals surface area contributed by atoms with E-state index in [9.17, 15) is 4.79 Å². The van der Waals surface area contributed by atoms with Crippen LogP contribution >= 0.6 is 11.6 Å². The van der Waals surface area contributed by atoms with Crippen molar-refractivity contribution >= 4 is 28.9 Å². The Morgan fingerprint density at radius 1 is 1.12 bits per heavy atom. The summed E-state index contributed by atoms with van der Waals surface area (Å²) >= 11 is 5.95. The first-order valence-electron chi connectivity index (χ1n) is 7.60. The Hall–Kier alpha value is -2.24. The van der Waals surface area contributed by atoms with E-state index < -0.39 is 0 Å². The van der Waals surface area contributed by atoms with Crippen molar-refractivity contribution < 1.29 is 14.3 Å². The number of amides is 1. The lowest BCUT2D eigenvalue weighted by Gasteiger charge is -2.11. The summed E-state index contributed by atoms with van der Waals surface area (Å²) in [6.07, 6.45) is 0. The second kappa shape index (κ2) is 9.15. The number of carbonyl (C=O) groups excluding carboxylic acids is 1. The molecule has 2 aromatic carbocycles. The van der Waals surface area contributed by atoms with Gasteiger partial charge in [0.1, 0.15) is 12.4 Å². The molecule has 2 N–H and O–H groups in total. The molecule has 0 bridgehead atoms. The van der Waals surface area contributed by atoms with Crippen molar-refractivity contribution in [2.45, 2.75) is 6.92 Å². The molecule has 5 nitrogen and oxygen atoms in total. The van der Waals surface area contributed by atoms with Gasteiger partial charge in [0.25, 0.3) is 0 Å². The lowest BCUT2D eigenvalue weighted by atomic mass is 10.2. The molecule has 6 heteroatoms. The number of hydrogen-bond donors (Lipinski definition) is 2. The van der Waals surface area contributed by atoms with Gasteiger partial charge in [0.05, 0.1) is 13.2 Å². The minimum absolute atomic E-state index is 0.138. The van der Waals surface area contributed by atoms with Gasteiger partial charge in [-0.15, -0.1) is 0 Å². The van der Waals surface area contributed by atoms with Crippen molar-refractivity contribution in [2.75, 3.05) is 37.5 Å². The van der Waals surface area contributed by atoms with Crippen LogP contribution in [0.25, 0.3) is 0 Å². The smallest absolute Gasteiger partial charge is 0.243 e. The average Bonchev–Trinajstić information content (AvgIpc) is 2.58.